The highest BCUT2D eigenvalue weighted by atomic mass is 32.1. The molecule has 0 saturated heterocycles. The highest BCUT2D eigenvalue weighted by Crippen LogP contribution is 2.26. The van der Waals surface area contributed by atoms with E-state index in [4.69, 9.17) is 4.74 Å². The number of thiazole rings is 1. The van der Waals surface area contributed by atoms with Gasteiger partial charge in [0.25, 0.3) is 0 Å². The van der Waals surface area contributed by atoms with Crippen LogP contribution < -0.4 is 10.1 Å². The minimum Gasteiger partial charge on any atom is -0.504 e. The smallest absolute Gasteiger partial charge is 0.161 e. The summed E-state index contributed by atoms with van der Waals surface area (Å²) in [5, 5.41) is 16.2. The third-order valence-corrected chi connectivity index (χ3v) is 3.98. The number of phenolic OH excluding ortho intramolecular Hbond substituents is 1. The van der Waals surface area contributed by atoms with Gasteiger partial charge in [-0.1, -0.05) is 13.0 Å². The van der Waals surface area contributed by atoms with E-state index in [1.807, 2.05) is 30.6 Å². The van der Waals surface area contributed by atoms with Gasteiger partial charge in [-0.15, -0.1) is 11.3 Å². The number of aromatic nitrogens is 1. The number of aromatic hydroxyl groups is 1. The van der Waals surface area contributed by atoms with Crippen LogP contribution in [0.15, 0.2) is 29.8 Å². The van der Waals surface area contributed by atoms with Gasteiger partial charge in [-0.05, 0) is 24.6 Å². The molecule has 4 nitrogen and oxygen atoms in total. The molecule has 1 aromatic heterocycles. The first-order chi connectivity index (χ1) is 9.70. The average Bonchev–Trinajstić information content (AvgIpc) is 2.96. The van der Waals surface area contributed by atoms with Gasteiger partial charge in [0, 0.05) is 30.6 Å². The summed E-state index contributed by atoms with van der Waals surface area (Å²) in [7, 11) is 0. The Morgan fingerprint density at radius 2 is 2.30 bits per heavy atom. The molecule has 0 fully saturated rings. The molecule has 1 atom stereocenters. The normalized spacial score (nSPS) is 12.3. The van der Waals surface area contributed by atoms with Gasteiger partial charge in [-0.2, -0.15) is 0 Å². The zero-order valence-electron chi connectivity index (χ0n) is 11.8. The van der Waals surface area contributed by atoms with E-state index in [2.05, 4.69) is 17.2 Å². The van der Waals surface area contributed by atoms with E-state index in [9.17, 15) is 5.11 Å². The van der Waals surface area contributed by atoms with Gasteiger partial charge in [0.1, 0.15) is 0 Å². The summed E-state index contributed by atoms with van der Waals surface area (Å²) < 4.78 is 5.38. The van der Waals surface area contributed by atoms with Crippen molar-refractivity contribution in [2.45, 2.75) is 26.3 Å². The number of hydrogen-bond acceptors (Lipinski definition) is 5. The Kier molecular flexibility index (Phi) is 5.38. The number of benzene rings is 1. The largest absolute Gasteiger partial charge is 0.504 e. The topological polar surface area (TPSA) is 54.4 Å². The molecule has 0 spiro atoms. The molecule has 1 unspecified atom stereocenters. The van der Waals surface area contributed by atoms with Crippen molar-refractivity contribution in [3.8, 4) is 11.5 Å². The number of hydrogen-bond donors (Lipinski definition) is 2. The molecule has 2 aromatic rings. The number of nitrogens with zero attached hydrogens (tertiary/aromatic N) is 1. The van der Waals surface area contributed by atoms with E-state index in [-0.39, 0.29) is 5.75 Å². The van der Waals surface area contributed by atoms with Gasteiger partial charge >= 0.3 is 0 Å². The van der Waals surface area contributed by atoms with Crippen LogP contribution >= 0.6 is 11.3 Å². The van der Waals surface area contributed by atoms with Gasteiger partial charge in [-0.3, -0.25) is 0 Å². The van der Waals surface area contributed by atoms with Crippen molar-refractivity contribution in [1.82, 2.24) is 10.3 Å². The molecule has 20 heavy (non-hydrogen) atoms. The first kappa shape index (κ1) is 14.8. The Hall–Kier alpha value is -1.59. The van der Waals surface area contributed by atoms with Crippen LogP contribution in [0.2, 0.25) is 0 Å². The number of ether oxygens (including phenoxy) is 1. The van der Waals surface area contributed by atoms with E-state index in [0.717, 1.165) is 23.7 Å². The lowest BCUT2D eigenvalue weighted by atomic mass is 10.1. The van der Waals surface area contributed by atoms with Crippen LogP contribution in [0, 0.1) is 0 Å². The van der Waals surface area contributed by atoms with Crippen LogP contribution in [0.5, 0.6) is 11.5 Å². The van der Waals surface area contributed by atoms with E-state index >= 15 is 0 Å². The summed E-state index contributed by atoms with van der Waals surface area (Å²) in [5.41, 5.74) is 1.09. The van der Waals surface area contributed by atoms with Gasteiger partial charge in [0.15, 0.2) is 11.5 Å². The van der Waals surface area contributed by atoms with Crippen LogP contribution in [0.4, 0.5) is 0 Å². The standard InChI is InChI=1S/C15H20N2O2S/c1-3-19-14-8-12(4-5-13(14)18)10-16-9-11(2)15-17-6-7-20-15/h4-8,11,16,18H,3,9-10H2,1-2H3. The number of nitrogens with one attached hydrogen (secondary N) is 1. The minimum absolute atomic E-state index is 0.187. The van der Waals surface area contributed by atoms with E-state index in [1.54, 1.807) is 17.4 Å². The lowest BCUT2D eigenvalue weighted by molar-refractivity contribution is 0.317. The molecule has 108 valence electrons. The number of phenols is 1. The Morgan fingerprint density at radius 3 is 3.00 bits per heavy atom. The SMILES string of the molecule is CCOc1cc(CNCC(C)c2nccs2)ccc1O. The van der Waals surface area contributed by atoms with Crippen LogP contribution in [-0.4, -0.2) is 23.2 Å². The maximum absolute atomic E-state index is 9.65. The zero-order valence-corrected chi connectivity index (χ0v) is 12.6. The van der Waals surface area contributed by atoms with Gasteiger partial charge in [0.2, 0.25) is 0 Å². The molecule has 0 saturated carbocycles. The van der Waals surface area contributed by atoms with E-state index in [0.29, 0.717) is 18.3 Å². The average molecular weight is 292 g/mol. The summed E-state index contributed by atoms with van der Waals surface area (Å²) in [6.45, 7) is 6.23. The molecule has 1 heterocycles. The van der Waals surface area contributed by atoms with Crippen LogP contribution in [0.25, 0.3) is 0 Å². The molecule has 5 heteroatoms. The van der Waals surface area contributed by atoms with Crippen molar-refractivity contribution < 1.29 is 9.84 Å². The van der Waals surface area contributed by atoms with Crippen molar-refractivity contribution in [2.75, 3.05) is 13.2 Å². The van der Waals surface area contributed by atoms with Gasteiger partial charge < -0.3 is 15.2 Å². The second kappa shape index (κ2) is 7.26. The summed E-state index contributed by atoms with van der Waals surface area (Å²) >= 11 is 1.68. The molecule has 0 amide bonds. The lowest BCUT2D eigenvalue weighted by Gasteiger charge is -2.11. The first-order valence-corrected chi connectivity index (χ1v) is 7.63. The van der Waals surface area contributed by atoms with Crippen molar-refractivity contribution in [3.05, 3.63) is 40.3 Å². The summed E-state index contributed by atoms with van der Waals surface area (Å²) in [6.07, 6.45) is 1.84. The van der Waals surface area contributed by atoms with Crippen molar-refractivity contribution in [2.24, 2.45) is 0 Å². The molecule has 1 aromatic carbocycles. The summed E-state index contributed by atoms with van der Waals surface area (Å²) in [5.74, 6) is 1.13. The summed E-state index contributed by atoms with van der Waals surface area (Å²) in [4.78, 5) is 4.32. The predicted octanol–water partition coefficient (Wildman–Crippen LogP) is 3.14. The molecule has 0 aliphatic heterocycles. The van der Waals surface area contributed by atoms with Crippen molar-refractivity contribution in [1.29, 1.82) is 0 Å². The quantitative estimate of drug-likeness (QED) is 0.823. The maximum atomic E-state index is 9.65. The van der Waals surface area contributed by atoms with Gasteiger partial charge in [-0.25, -0.2) is 4.98 Å². The predicted molar refractivity (Wildman–Crippen MR) is 81.5 cm³/mol. The molecule has 0 aliphatic rings. The molecule has 2 rings (SSSR count). The Bertz CT molecular complexity index is 529. The molecule has 0 bridgehead atoms. The van der Waals surface area contributed by atoms with Crippen LogP contribution in [0.3, 0.4) is 0 Å². The fourth-order valence-electron chi connectivity index (χ4n) is 1.94. The zero-order chi connectivity index (χ0) is 14.4. The number of rotatable bonds is 7. The van der Waals surface area contributed by atoms with Crippen molar-refractivity contribution in [3.63, 3.8) is 0 Å². The fourth-order valence-corrected chi connectivity index (χ4v) is 2.64. The third kappa shape index (κ3) is 3.95. The molecular weight excluding hydrogens is 272 g/mol. The first-order valence-electron chi connectivity index (χ1n) is 6.75. The molecule has 0 radical (unpaired) electrons. The maximum Gasteiger partial charge on any atom is 0.161 e. The Morgan fingerprint density at radius 1 is 1.45 bits per heavy atom. The molecule has 0 aliphatic carbocycles. The minimum atomic E-state index is 0.187. The fraction of sp³-hybridized carbons (Fsp3) is 0.400. The van der Waals surface area contributed by atoms with Gasteiger partial charge in [0.05, 0.1) is 11.6 Å². The lowest BCUT2D eigenvalue weighted by Crippen LogP contribution is -2.19. The van der Waals surface area contributed by atoms with E-state index < -0.39 is 0 Å². The molecule has 2 N–H and O–H groups in total. The Labute approximate surface area is 123 Å². The second-order valence-corrected chi connectivity index (χ2v) is 5.56. The molecular formula is C15H20N2O2S. The van der Waals surface area contributed by atoms with Crippen LogP contribution in [-0.2, 0) is 6.54 Å². The highest BCUT2D eigenvalue weighted by Gasteiger charge is 2.08. The van der Waals surface area contributed by atoms with Crippen molar-refractivity contribution >= 4 is 11.3 Å². The van der Waals surface area contributed by atoms with Crippen LogP contribution in [0.1, 0.15) is 30.3 Å². The third-order valence-electron chi connectivity index (χ3n) is 2.98. The van der Waals surface area contributed by atoms with E-state index in [1.165, 1.54) is 0 Å². The highest BCUT2D eigenvalue weighted by molar-refractivity contribution is 7.09. The summed E-state index contributed by atoms with van der Waals surface area (Å²) in [6, 6.07) is 5.45. The Balaban J connectivity index is 1.86. The monoisotopic (exact) mass is 292 g/mol. The second-order valence-electron chi connectivity index (χ2n) is 4.64.